The number of amides is 3. The maximum Gasteiger partial charge on any atom is 0.251 e. The highest BCUT2D eigenvalue weighted by atomic mass is 32.2. The van der Waals surface area contributed by atoms with Gasteiger partial charge < -0.3 is 16.0 Å². The van der Waals surface area contributed by atoms with E-state index in [0.29, 0.717) is 60.1 Å². The van der Waals surface area contributed by atoms with Crippen molar-refractivity contribution in [3.8, 4) is 0 Å². The highest BCUT2D eigenvalue weighted by Gasteiger charge is 2.37. The van der Waals surface area contributed by atoms with Crippen molar-refractivity contribution < 1.29 is 22.8 Å². The van der Waals surface area contributed by atoms with Gasteiger partial charge in [0.2, 0.25) is 21.8 Å². The molecular weight excluding hydrogens is 500 g/mol. The molecule has 0 saturated heterocycles. The number of nitrogens with one attached hydrogen (secondary N) is 4. The molecule has 3 amide bonds. The summed E-state index contributed by atoms with van der Waals surface area (Å²) in [5.41, 5.74) is 2.71. The summed E-state index contributed by atoms with van der Waals surface area (Å²) in [5, 5.41) is 8.96. The van der Waals surface area contributed by atoms with Gasteiger partial charge in [0.25, 0.3) is 5.91 Å². The molecule has 0 spiro atoms. The van der Waals surface area contributed by atoms with Crippen molar-refractivity contribution in [2.45, 2.75) is 56.4 Å². The van der Waals surface area contributed by atoms with E-state index in [1.807, 2.05) is 0 Å². The molecule has 1 aromatic carbocycles. The first-order chi connectivity index (χ1) is 17.3. The van der Waals surface area contributed by atoms with Gasteiger partial charge in [0, 0.05) is 41.1 Å². The molecule has 190 valence electrons. The minimum Gasteiger partial charge on any atom is -0.348 e. The predicted molar refractivity (Wildman–Crippen MR) is 135 cm³/mol. The molecule has 9 nitrogen and oxygen atoms in total. The van der Waals surface area contributed by atoms with Crippen LogP contribution in [0.3, 0.4) is 0 Å². The SMILES string of the molecule is O=C1NCc2cc(NC(=O)C3CCc4sc(NC(=O)C5CC5)c(S(=O)(=O)NCC5CC5)c4C3)ccc21. The van der Waals surface area contributed by atoms with Gasteiger partial charge >= 0.3 is 0 Å². The lowest BCUT2D eigenvalue weighted by Gasteiger charge is -2.22. The van der Waals surface area contributed by atoms with Crippen LogP contribution in [0.15, 0.2) is 23.1 Å². The van der Waals surface area contributed by atoms with Crippen LogP contribution in [0.2, 0.25) is 0 Å². The predicted octanol–water partition coefficient (Wildman–Crippen LogP) is 2.77. The van der Waals surface area contributed by atoms with Gasteiger partial charge in [-0.25, -0.2) is 13.1 Å². The molecule has 2 saturated carbocycles. The first kappa shape index (κ1) is 23.6. The topological polar surface area (TPSA) is 133 Å². The van der Waals surface area contributed by atoms with Gasteiger partial charge in [0.15, 0.2) is 0 Å². The van der Waals surface area contributed by atoms with Crippen LogP contribution in [0.1, 0.15) is 58.5 Å². The number of aryl methyl sites for hydroxylation is 1. The third-order valence-corrected chi connectivity index (χ3v) is 10.2. The summed E-state index contributed by atoms with van der Waals surface area (Å²) < 4.78 is 29.5. The fourth-order valence-corrected chi connectivity index (χ4v) is 7.97. The standard InChI is InChI=1S/C25H28N4O5S2/c30-22(14-3-4-14)29-25-21(36(33,34)27-11-13-1-2-13)19-10-15(5-8-20(19)35-25)23(31)28-17-6-7-18-16(9-17)12-26-24(18)32/h6-7,9,13-15,27H,1-5,8,10-12H2,(H,26,32)(H,28,31)(H,29,30). The molecule has 4 aliphatic rings. The molecule has 1 unspecified atom stereocenters. The zero-order chi connectivity index (χ0) is 25.0. The van der Waals surface area contributed by atoms with Crippen LogP contribution >= 0.6 is 11.3 Å². The average molecular weight is 529 g/mol. The second kappa shape index (κ2) is 8.97. The molecule has 1 atom stereocenters. The summed E-state index contributed by atoms with van der Waals surface area (Å²) in [5.74, 6) is -0.503. The Labute approximate surface area is 213 Å². The van der Waals surface area contributed by atoms with E-state index in [1.54, 1.807) is 18.2 Å². The maximum atomic E-state index is 13.4. The van der Waals surface area contributed by atoms with E-state index in [9.17, 15) is 22.8 Å². The van der Waals surface area contributed by atoms with E-state index in [0.717, 1.165) is 36.1 Å². The van der Waals surface area contributed by atoms with Crippen molar-refractivity contribution in [2.24, 2.45) is 17.8 Å². The maximum absolute atomic E-state index is 13.4. The zero-order valence-electron chi connectivity index (χ0n) is 19.7. The Bertz CT molecular complexity index is 1370. The van der Waals surface area contributed by atoms with Crippen LogP contribution in [-0.2, 0) is 39.0 Å². The molecule has 36 heavy (non-hydrogen) atoms. The van der Waals surface area contributed by atoms with Gasteiger partial charge in [-0.3, -0.25) is 14.4 Å². The lowest BCUT2D eigenvalue weighted by Crippen LogP contribution is -2.31. The number of thiophene rings is 1. The van der Waals surface area contributed by atoms with Crippen molar-refractivity contribution >= 4 is 49.8 Å². The molecule has 2 heterocycles. The summed E-state index contributed by atoms with van der Waals surface area (Å²) in [7, 11) is -3.84. The summed E-state index contributed by atoms with van der Waals surface area (Å²) >= 11 is 1.32. The summed E-state index contributed by atoms with van der Waals surface area (Å²) in [6.45, 7) is 0.826. The highest BCUT2D eigenvalue weighted by Crippen LogP contribution is 2.43. The van der Waals surface area contributed by atoms with Gasteiger partial charge in [-0.05, 0) is 80.2 Å². The summed E-state index contributed by atoms with van der Waals surface area (Å²) in [6, 6.07) is 5.22. The van der Waals surface area contributed by atoms with E-state index in [2.05, 4.69) is 20.7 Å². The summed E-state index contributed by atoms with van der Waals surface area (Å²) in [6.07, 6.45) is 5.15. The Hall–Kier alpha value is -2.76. The van der Waals surface area contributed by atoms with Crippen molar-refractivity contribution in [3.05, 3.63) is 39.8 Å². The third-order valence-electron chi connectivity index (χ3n) is 7.35. The Kier molecular flexibility index (Phi) is 5.88. The smallest absolute Gasteiger partial charge is 0.251 e. The van der Waals surface area contributed by atoms with E-state index in [-0.39, 0.29) is 28.5 Å². The number of carbonyl (C=O) groups excluding carboxylic acids is 3. The monoisotopic (exact) mass is 528 g/mol. The van der Waals surface area contributed by atoms with Crippen LogP contribution in [0, 0.1) is 17.8 Å². The Morgan fingerprint density at radius 3 is 2.56 bits per heavy atom. The number of sulfonamides is 1. The zero-order valence-corrected chi connectivity index (χ0v) is 21.3. The largest absolute Gasteiger partial charge is 0.348 e. The number of rotatable bonds is 8. The van der Waals surface area contributed by atoms with Crippen LogP contribution in [0.25, 0.3) is 0 Å². The van der Waals surface area contributed by atoms with E-state index >= 15 is 0 Å². The average Bonchev–Trinajstić information content (AvgIpc) is 3.77. The molecule has 2 fully saturated rings. The number of anilines is 2. The number of hydrogen-bond donors (Lipinski definition) is 4. The highest BCUT2D eigenvalue weighted by molar-refractivity contribution is 7.90. The van der Waals surface area contributed by atoms with Gasteiger partial charge in [0.05, 0.1) is 0 Å². The lowest BCUT2D eigenvalue weighted by molar-refractivity contribution is -0.120. The Morgan fingerprint density at radius 1 is 1.03 bits per heavy atom. The second-order valence-corrected chi connectivity index (χ2v) is 13.0. The Morgan fingerprint density at radius 2 is 1.81 bits per heavy atom. The van der Waals surface area contributed by atoms with Gasteiger partial charge in [0.1, 0.15) is 9.90 Å². The molecular formula is C25H28N4O5S2. The van der Waals surface area contributed by atoms with E-state index in [1.165, 1.54) is 11.3 Å². The van der Waals surface area contributed by atoms with Crippen molar-refractivity contribution in [1.29, 1.82) is 0 Å². The van der Waals surface area contributed by atoms with Gasteiger partial charge in [-0.1, -0.05) is 0 Å². The first-order valence-electron chi connectivity index (χ1n) is 12.5. The minimum absolute atomic E-state index is 0.0459. The molecule has 1 aliphatic heterocycles. The number of fused-ring (bicyclic) bond motifs is 2. The Balaban J connectivity index is 1.24. The third kappa shape index (κ3) is 4.67. The molecule has 2 aromatic rings. The van der Waals surface area contributed by atoms with Gasteiger partial charge in [-0.2, -0.15) is 0 Å². The quantitative estimate of drug-likeness (QED) is 0.418. The van der Waals surface area contributed by atoms with Crippen molar-refractivity contribution in [1.82, 2.24) is 10.0 Å². The minimum atomic E-state index is -3.84. The number of benzene rings is 1. The van der Waals surface area contributed by atoms with Gasteiger partial charge in [-0.15, -0.1) is 11.3 Å². The molecule has 1 aromatic heterocycles. The fourth-order valence-electron chi connectivity index (χ4n) is 4.88. The molecule has 3 aliphatic carbocycles. The molecule has 6 rings (SSSR count). The fraction of sp³-hybridized carbons (Fsp3) is 0.480. The number of hydrogen-bond acceptors (Lipinski definition) is 6. The first-order valence-corrected chi connectivity index (χ1v) is 14.8. The number of carbonyl (C=O) groups is 3. The lowest BCUT2D eigenvalue weighted by atomic mass is 9.87. The molecule has 11 heteroatoms. The molecule has 0 bridgehead atoms. The van der Waals surface area contributed by atoms with E-state index in [4.69, 9.17) is 0 Å². The van der Waals surface area contributed by atoms with Crippen molar-refractivity contribution in [3.63, 3.8) is 0 Å². The van der Waals surface area contributed by atoms with Crippen LogP contribution in [0.4, 0.5) is 10.7 Å². The van der Waals surface area contributed by atoms with Crippen LogP contribution in [-0.4, -0.2) is 32.7 Å². The van der Waals surface area contributed by atoms with E-state index < -0.39 is 15.9 Å². The van der Waals surface area contributed by atoms with Crippen LogP contribution in [0.5, 0.6) is 0 Å². The second-order valence-electron chi connectivity index (χ2n) is 10.2. The molecule has 0 radical (unpaired) electrons. The summed E-state index contributed by atoms with van der Waals surface area (Å²) in [4.78, 5) is 38.5. The van der Waals surface area contributed by atoms with Crippen LogP contribution < -0.4 is 20.7 Å². The normalized spacial score (nSPS) is 20.9. The van der Waals surface area contributed by atoms with Crippen molar-refractivity contribution in [2.75, 3.05) is 17.2 Å². The molecule has 4 N–H and O–H groups in total.